The summed E-state index contributed by atoms with van der Waals surface area (Å²) in [4.78, 5) is 2.47. The molecule has 1 aromatic carbocycles. The van der Waals surface area contributed by atoms with Crippen molar-refractivity contribution < 1.29 is 5.11 Å². The van der Waals surface area contributed by atoms with E-state index in [0.717, 1.165) is 5.56 Å². The van der Waals surface area contributed by atoms with Gasteiger partial charge in [0.1, 0.15) is 0 Å². The minimum Gasteiger partial charge on any atom is -0.387 e. The number of aliphatic hydroxyl groups is 1. The average molecular weight is 289 g/mol. The van der Waals surface area contributed by atoms with Crippen LogP contribution in [0.3, 0.4) is 0 Å². The molecule has 2 atom stereocenters. The molecule has 2 rings (SSSR count). The largest absolute Gasteiger partial charge is 0.387 e. The molecular weight excluding hydrogens is 258 g/mol. The average Bonchev–Trinajstić information content (AvgIpc) is 2.77. The molecule has 2 heteroatoms. The standard InChI is InChI=1S/C19H31NO/c1-15(2)18(19(21)16-11-7-6-8-12-16)20(3)17-13-9-4-5-10-14-17/h6-8,11-12,15,17-19,21H,4-5,9-10,13-14H2,1-3H3. The lowest BCUT2D eigenvalue weighted by atomic mass is 9.90. The summed E-state index contributed by atoms with van der Waals surface area (Å²) >= 11 is 0. The van der Waals surface area contributed by atoms with Crippen LogP contribution in [0.2, 0.25) is 0 Å². The fraction of sp³-hybridized carbons (Fsp3) is 0.684. The highest BCUT2D eigenvalue weighted by molar-refractivity contribution is 5.19. The summed E-state index contributed by atoms with van der Waals surface area (Å²) < 4.78 is 0. The monoisotopic (exact) mass is 289 g/mol. The summed E-state index contributed by atoms with van der Waals surface area (Å²) in [5.74, 6) is 0.438. The van der Waals surface area contributed by atoms with Crippen molar-refractivity contribution in [2.75, 3.05) is 7.05 Å². The summed E-state index contributed by atoms with van der Waals surface area (Å²) in [6.45, 7) is 4.45. The van der Waals surface area contributed by atoms with Crippen LogP contribution in [-0.2, 0) is 0 Å². The summed E-state index contributed by atoms with van der Waals surface area (Å²) in [6, 6.07) is 10.9. The number of rotatable bonds is 5. The Balaban J connectivity index is 2.13. The second kappa shape index (κ2) is 7.95. The first-order valence-electron chi connectivity index (χ1n) is 8.56. The van der Waals surface area contributed by atoms with Gasteiger partial charge in [-0.25, -0.2) is 0 Å². The minimum atomic E-state index is -0.403. The molecule has 2 nitrogen and oxygen atoms in total. The molecule has 2 unspecified atom stereocenters. The number of hydrogen-bond acceptors (Lipinski definition) is 2. The number of nitrogens with zero attached hydrogens (tertiary/aromatic N) is 1. The highest BCUT2D eigenvalue weighted by Crippen LogP contribution is 2.30. The van der Waals surface area contributed by atoms with Crippen molar-refractivity contribution in [2.24, 2.45) is 5.92 Å². The Hall–Kier alpha value is -0.860. The lowest BCUT2D eigenvalue weighted by Gasteiger charge is -2.40. The Kier molecular flexibility index (Phi) is 6.25. The molecule has 1 aliphatic rings. The van der Waals surface area contributed by atoms with Crippen LogP contribution in [0.25, 0.3) is 0 Å². The van der Waals surface area contributed by atoms with Crippen LogP contribution in [0, 0.1) is 5.92 Å². The van der Waals surface area contributed by atoms with Crippen molar-refractivity contribution >= 4 is 0 Å². The van der Waals surface area contributed by atoms with Crippen LogP contribution in [0.4, 0.5) is 0 Å². The van der Waals surface area contributed by atoms with Gasteiger partial charge in [0.05, 0.1) is 6.10 Å². The fourth-order valence-electron chi connectivity index (χ4n) is 3.81. The van der Waals surface area contributed by atoms with E-state index < -0.39 is 6.10 Å². The predicted octanol–water partition coefficient (Wildman–Crippen LogP) is 4.40. The summed E-state index contributed by atoms with van der Waals surface area (Å²) in [7, 11) is 2.22. The molecule has 1 aliphatic carbocycles. The van der Waals surface area contributed by atoms with Crippen LogP contribution in [0.5, 0.6) is 0 Å². The summed E-state index contributed by atoms with van der Waals surface area (Å²) in [5.41, 5.74) is 1.04. The Bertz CT molecular complexity index is 395. The first-order chi connectivity index (χ1) is 10.1. The van der Waals surface area contributed by atoms with Gasteiger partial charge in [-0.05, 0) is 31.4 Å². The number of likely N-dealkylation sites (N-methyl/N-ethyl adjacent to an activating group) is 1. The Labute approximate surface area is 130 Å². The Morgan fingerprint density at radius 2 is 1.57 bits per heavy atom. The second-order valence-corrected chi connectivity index (χ2v) is 6.90. The van der Waals surface area contributed by atoms with Crippen LogP contribution < -0.4 is 0 Å². The van der Waals surface area contributed by atoms with E-state index in [2.05, 4.69) is 25.8 Å². The van der Waals surface area contributed by atoms with Crippen molar-refractivity contribution in [1.82, 2.24) is 4.90 Å². The number of hydrogen-bond donors (Lipinski definition) is 1. The van der Waals surface area contributed by atoms with Crippen LogP contribution >= 0.6 is 0 Å². The first kappa shape index (κ1) is 16.5. The first-order valence-corrected chi connectivity index (χ1v) is 8.56. The molecule has 0 aliphatic heterocycles. The van der Waals surface area contributed by atoms with Gasteiger partial charge in [-0.3, -0.25) is 4.90 Å². The summed E-state index contributed by atoms with van der Waals surface area (Å²) in [5, 5.41) is 10.9. The normalized spacial score (nSPS) is 20.5. The molecule has 21 heavy (non-hydrogen) atoms. The molecule has 0 heterocycles. The van der Waals surface area contributed by atoms with E-state index >= 15 is 0 Å². The van der Waals surface area contributed by atoms with Gasteiger partial charge in [0.15, 0.2) is 0 Å². The van der Waals surface area contributed by atoms with E-state index in [0.29, 0.717) is 12.0 Å². The van der Waals surface area contributed by atoms with Gasteiger partial charge in [0.2, 0.25) is 0 Å². The molecule has 1 aromatic rings. The second-order valence-electron chi connectivity index (χ2n) is 6.90. The molecule has 0 spiro atoms. The SMILES string of the molecule is CC(C)C(C(O)c1ccccc1)N(C)C1CCCCCC1. The van der Waals surface area contributed by atoms with Crippen molar-refractivity contribution in [3.8, 4) is 0 Å². The maximum Gasteiger partial charge on any atom is 0.0947 e. The third-order valence-electron chi connectivity index (χ3n) is 5.02. The van der Waals surface area contributed by atoms with Crippen molar-refractivity contribution in [2.45, 2.75) is 70.6 Å². The number of benzene rings is 1. The molecule has 1 fully saturated rings. The van der Waals surface area contributed by atoms with E-state index in [4.69, 9.17) is 0 Å². The molecule has 0 amide bonds. The van der Waals surface area contributed by atoms with Gasteiger partial charge < -0.3 is 5.11 Å². The zero-order chi connectivity index (χ0) is 15.2. The smallest absolute Gasteiger partial charge is 0.0947 e. The lowest BCUT2D eigenvalue weighted by Crippen LogP contribution is -2.46. The van der Waals surface area contributed by atoms with Crippen LogP contribution in [0.1, 0.15) is 64.0 Å². The van der Waals surface area contributed by atoms with E-state index in [-0.39, 0.29) is 6.04 Å². The highest BCUT2D eigenvalue weighted by Gasteiger charge is 2.31. The maximum absolute atomic E-state index is 10.9. The third-order valence-corrected chi connectivity index (χ3v) is 5.02. The zero-order valence-corrected chi connectivity index (χ0v) is 13.8. The summed E-state index contributed by atoms with van der Waals surface area (Å²) in [6.07, 6.45) is 7.57. The molecule has 118 valence electrons. The van der Waals surface area contributed by atoms with Crippen molar-refractivity contribution in [3.05, 3.63) is 35.9 Å². The fourth-order valence-corrected chi connectivity index (χ4v) is 3.81. The maximum atomic E-state index is 10.9. The molecule has 0 aromatic heterocycles. The third kappa shape index (κ3) is 4.31. The number of aliphatic hydroxyl groups excluding tert-OH is 1. The Morgan fingerprint density at radius 1 is 1.00 bits per heavy atom. The van der Waals surface area contributed by atoms with Crippen molar-refractivity contribution in [3.63, 3.8) is 0 Å². The molecule has 0 bridgehead atoms. The van der Waals surface area contributed by atoms with Gasteiger partial charge in [0, 0.05) is 12.1 Å². The van der Waals surface area contributed by atoms with E-state index in [9.17, 15) is 5.11 Å². The molecule has 0 radical (unpaired) electrons. The van der Waals surface area contributed by atoms with Gasteiger partial charge in [0.25, 0.3) is 0 Å². The molecule has 0 saturated heterocycles. The minimum absolute atomic E-state index is 0.190. The van der Waals surface area contributed by atoms with E-state index in [1.165, 1.54) is 38.5 Å². The van der Waals surface area contributed by atoms with Gasteiger partial charge in [-0.2, -0.15) is 0 Å². The van der Waals surface area contributed by atoms with Crippen LogP contribution in [-0.4, -0.2) is 29.1 Å². The van der Waals surface area contributed by atoms with E-state index in [1.54, 1.807) is 0 Å². The van der Waals surface area contributed by atoms with Crippen molar-refractivity contribution in [1.29, 1.82) is 0 Å². The molecule has 1 saturated carbocycles. The van der Waals surface area contributed by atoms with Gasteiger partial charge in [-0.15, -0.1) is 0 Å². The molecule has 1 N–H and O–H groups in total. The predicted molar refractivity (Wildman–Crippen MR) is 89.3 cm³/mol. The Morgan fingerprint density at radius 3 is 2.10 bits per heavy atom. The highest BCUT2D eigenvalue weighted by atomic mass is 16.3. The topological polar surface area (TPSA) is 23.5 Å². The molecular formula is C19H31NO. The lowest BCUT2D eigenvalue weighted by molar-refractivity contribution is 0.0107. The quantitative estimate of drug-likeness (QED) is 0.812. The zero-order valence-electron chi connectivity index (χ0n) is 13.8. The van der Waals surface area contributed by atoms with Crippen LogP contribution in [0.15, 0.2) is 30.3 Å². The van der Waals surface area contributed by atoms with E-state index in [1.807, 2.05) is 30.3 Å². The van der Waals surface area contributed by atoms with Gasteiger partial charge >= 0.3 is 0 Å². The van der Waals surface area contributed by atoms with Gasteiger partial charge in [-0.1, -0.05) is 69.9 Å².